The van der Waals surface area contributed by atoms with E-state index in [0.717, 1.165) is 25.1 Å². The number of carbonyl (C=O) groups excluding carboxylic acids is 1. The third-order valence-corrected chi connectivity index (χ3v) is 2.50. The van der Waals surface area contributed by atoms with E-state index in [-0.39, 0.29) is 5.91 Å². The number of amides is 1. The highest BCUT2D eigenvalue weighted by Crippen LogP contribution is 2.10. The van der Waals surface area contributed by atoms with Crippen LogP contribution in [-0.2, 0) is 4.79 Å². The van der Waals surface area contributed by atoms with Crippen molar-refractivity contribution in [3.05, 3.63) is 30.3 Å². The van der Waals surface area contributed by atoms with Crippen molar-refractivity contribution in [2.75, 3.05) is 25.0 Å². The van der Waals surface area contributed by atoms with Gasteiger partial charge in [0.15, 0.2) is 0 Å². The van der Waals surface area contributed by atoms with E-state index in [0.29, 0.717) is 6.54 Å². The molecule has 0 bridgehead atoms. The first kappa shape index (κ1) is 12.7. The third-order valence-electron chi connectivity index (χ3n) is 2.50. The molecule has 1 N–H and O–H groups in total. The fraction of sp³-hybridized carbons (Fsp3) is 0.462. The molecule has 0 atom stereocenters. The van der Waals surface area contributed by atoms with Crippen LogP contribution >= 0.6 is 0 Å². The van der Waals surface area contributed by atoms with Crippen LogP contribution in [0.4, 0.5) is 5.69 Å². The summed E-state index contributed by atoms with van der Waals surface area (Å²) < 4.78 is 0. The molecule has 1 aromatic carbocycles. The minimum absolute atomic E-state index is 0.0994. The van der Waals surface area contributed by atoms with Crippen LogP contribution in [0.3, 0.4) is 0 Å². The molecule has 0 heterocycles. The average molecular weight is 220 g/mol. The number of anilines is 1. The van der Waals surface area contributed by atoms with E-state index in [1.54, 1.807) is 11.9 Å². The van der Waals surface area contributed by atoms with Gasteiger partial charge in [0.05, 0.1) is 6.54 Å². The Morgan fingerprint density at radius 2 is 2.00 bits per heavy atom. The van der Waals surface area contributed by atoms with Gasteiger partial charge in [-0.05, 0) is 25.1 Å². The van der Waals surface area contributed by atoms with Gasteiger partial charge in [0.2, 0.25) is 5.91 Å². The Hall–Kier alpha value is -1.35. The Labute approximate surface area is 97.5 Å². The molecule has 88 valence electrons. The van der Waals surface area contributed by atoms with Crippen LogP contribution in [0.15, 0.2) is 30.3 Å². The second-order valence-electron chi connectivity index (χ2n) is 3.82. The average Bonchev–Trinajstić information content (AvgIpc) is 2.34. The molecule has 1 rings (SSSR count). The minimum atomic E-state index is 0.0994. The maximum absolute atomic E-state index is 11.8. The van der Waals surface area contributed by atoms with Crippen molar-refractivity contribution in [1.82, 2.24) is 5.32 Å². The summed E-state index contributed by atoms with van der Waals surface area (Å²) in [7, 11) is 1.80. The number of unbranched alkanes of at least 4 members (excludes halogenated alkanes) is 1. The lowest BCUT2D eigenvalue weighted by Crippen LogP contribution is -2.35. The Kier molecular flexibility index (Phi) is 5.57. The molecule has 0 aliphatic carbocycles. The van der Waals surface area contributed by atoms with Gasteiger partial charge in [0.1, 0.15) is 0 Å². The second-order valence-corrected chi connectivity index (χ2v) is 3.82. The fourth-order valence-corrected chi connectivity index (χ4v) is 1.41. The lowest BCUT2D eigenvalue weighted by Gasteiger charge is -2.17. The molecule has 1 aromatic rings. The Morgan fingerprint density at radius 1 is 1.31 bits per heavy atom. The summed E-state index contributed by atoms with van der Waals surface area (Å²) in [6, 6.07) is 9.68. The molecule has 0 aromatic heterocycles. The number of likely N-dealkylation sites (N-methyl/N-ethyl adjacent to an activating group) is 1. The molecule has 0 unspecified atom stereocenters. The molecular formula is C13H20N2O. The van der Waals surface area contributed by atoms with Gasteiger partial charge in [-0.25, -0.2) is 0 Å². The number of hydrogen-bond acceptors (Lipinski definition) is 2. The molecular weight excluding hydrogens is 200 g/mol. The summed E-state index contributed by atoms with van der Waals surface area (Å²) in [5, 5.41) is 3.15. The summed E-state index contributed by atoms with van der Waals surface area (Å²) in [5.41, 5.74) is 0.935. The van der Waals surface area contributed by atoms with Crippen molar-refractivity contribution in [3.8, 4) is 0 Å². The van der Waals surface area contributed by atoms with E-state index in [1.807, 2.05) is 30.3 Å². The van der Waals surface area contributed by atoms with Gasteiger partial charge in [0, 0.05) is 12.7 Å². The number of nitrogens with one attached hydrogen (secondary N) is 1. The first-order valence-corrected chi connectivity index (χ1v) is 5.78. The van der Waals surface area contributed by atoms with E-state index in [1.165, 1.54) is 0 Å². The number of carbonyl (C=O) groups is 1. The number of nitrogens with zero attached hydrogens (tertiary/aromatic N) is 1. The number of benzene rings is 1. The highest BCUT2D eigenvalue weighted by atomic mass is 16.2. The molecule has 0 saturated heterocycles. The lowest BCUT2D eigenvalue weighted by molar-refractivity contribution is -0.117. The van der Waals surface area contributed by atoms with Crippen LogP contribution in [0.5, 0.6) is 0 Å². The SMILES string of the molecule is CCCCNCC(=O)N(C)c1ccccc1. The lowest BCUT2D eigenvalue weighted by atomic mass is 10.3. The maximum atomic E-state index is 11.8. The molecule has 16 heavy (non-hydrogen) atoms. The molecule has 3 nitrogen and oxygen atoms in total. The smallest absolute Gasteiger partial charge is 0.240 e. The van der Waals surface area contributed by atoms with E-state index < -0.39 is 0 Å². The summed E-state index contributed by atoms with van der Waals surface area (Å²) >= 11 is 0. The molecule has 0 radical (unpaired) electrons. The van der Waals surface area contributed by atoms with Crippen LogP contribution in [0.2, 0.25) is 0 Å². The van der Waals surface area contributed by atoms with Crippen molar-refractivity contribution in [3.63, 3.8) is 0 Å². The van der Waals surface area contributed by atoms with Crippen LogP contribution in [-0.4, -0.2) is 26.0 Å². The van der Waals surface area contributed by atoms with E-state index in [9.17, 15) is 4.79 Å². The zero-order valence-electron chi connectivity index (χ0n) is 10.1. The first-order chi connectivity index (χ1) is 7.75. The highest BCUT2D eigenvalue weighted by Gasteiger charge is 2.08. The maximum Gasteiger partial charge on any atom is 0.240 e. The summed E-state index contributed by atoms with van der Waals surface area (Å²) in [4.78, 5) is 13.4. The first-order valence-electron chi connectivity index (χ1n) is 5.78. The number of rotatable bonds is 6. The molecule has 0 aliphatic rings. The van der Waals surface area contributed by atoms with Crippen LogP contribution in [0.1, 0.15) is 19.8 Å². The van der Waals surface area contributed by atoms with Crippen LogP contribution in [0.25, 0.3) is 0 Å². The van der Waals surface area contributed by atoms with E-state index in [2.05, 4.69) is 12.2 Å². The topological polar surface area (TPSA) is 32.3 Å². The molecule has 0 fully saturated rings. The van der Waals surface area contributed by atoms with E-state index >= 15 is 0 Å². The fourth-order valence-electron chi connectivity index (χ4n) is 1.41. The van der Waals surface area contributed by atoms with Crippen molar-refractivity contribution >= 4 is 11.6 Å². The van der Waals surface area contributed by atoms with Crippen molar-refractivity contribution in [1.29, 1.82) is 0 Å². The number of hydrogen-bond donors (Lipinski definition) is 1. The Balaban J connectivity index is 2.37. The van der Waals surface area contributed by atoms with Gasteiger partial charge < -0.3 is 10.2 Å². The van der Waals surface area contributed by atoms with Crippen molar-refractivity contribution < 1.29 is 4.79 Å². The molecule has 0 spiro atoms. The van der Waals surface area contributed by atoms with Gasteiger partial charge >= 0.3 is 0 Å². The molecule has 0 saturated carbocycles. The Morgan fingerprint density at radius 3 is 2.62 bits per heavy atom. The standard InChI is InChI=1S/C13H20N2O/c1-3-4-10-14-11-13(16)15(2)12-8-6-5-7-9-12/h5-9,14H,3-4,10-11H2,1-2H3. The quantitative estimate of drug-likeness (QED) is 0.744. The summed E-state index contributed by atoms with van der Waals surface area (Å²) in [5.74, 6) is 0.0994. The largest absolute Gasteiger partial charge is 0.314 e. The zero-order chi connectivity index (χ0) is 11.8. The summed E-state index contributed by atoms with van der Waals surface area (Å²) in [6.07, 6.45) is 2.26. The normalized spacial score (nSPS) is 10.1. The van der Waals surface area contributed by atoms with Gasteiger partial charge in [0.25, 0.3) is 0 Å². The zero-order valence-corrected chi connectivity index (χ0v) is 10.1. The molecule has 0 aliphatic heterocycles. The van der Waals surface area contributed by atoms with Crippen molar-refractivity contribution in [2.24, 2.45) is 0 Å². The third kappa shape index (κ3) is 4.03. The van der Waals surface area contributed by atoms with Crippen molar-refractivity contribution in [2.45, 2.75) is 19.8 Å². The van der Waals surface area contributed by atoms with Crippen LogP contribution in [0, 0.1) is 0 Å². The van der Waals surface area contributed by atoms with E-state index in [4.69, 9.17) is 0 Å². The van der Waals surface area contributed by atoms with Gasteiger partial charge in [-0.15, -0.1) is 0 Å². The highest BCUT2D eigenvalue weighted by molar-refractivity contribution is 5.94. The molecule has 1 amide bonds. The van der Waals surface area contributed by atoms with Crippen LogP contribution < -0.4 is 10.2 Å². The second kappa shape index (κ2) is 7.01. The van der Waals surface area contributed by atoms with Gasteiger partial charge in [-0.2, -0.15) is 0 Å². The van der Waals surface area contributed by atoms with Gasteiger partial charge in [-0.3, -0.25) is 4.79 Å². The summed E-state index contributed by atoms with van der Waals surface area (Å²) in [6.45, 7) is 3.45. The predicted octanol–water partition coefficient (Wildman–Crippen LogP) is 2.04. The predicted molar refractivity (Wildman–Crippen MR) is 67.6 cm³/mol. The Bertz CT molecular complexity index is 311. The monoisotopic (exact) mass is 220 g/mol. The minimum Gasteiger partial charge on any atom is -0.314 e. The van der Waals surface area contributed by atoms with Gasteiger partial charge in [-0.1, -0.05) is 31.5 Å². The number of para-hydroxylation sites is 1. The molecule has 3 heteroatoms.